The SMILES string of the molecule is O=S(=O)(CCN1CCCCC1)c1ccc(OC(F)(F)F)cc1. The van der Waals surface area contributed by atoms with E-state index in [2.05, 4.69) is 9.64 Å². The minimum Gasteiger partial charge on any atom is -0.406 e. The molecule has 0 aliphatic carbocycles. The van der Waals surface area contributed by atoms with Crippen LogP contribution in [-0.2, 0) is 9.84 Å². The van der Waals surface area contributed by atoms with Crippen LogP contribution in [0, 0.1) is 0 Å². The third kappa shape index (κ3) is 5.17. The van der Waals surface area contributed by atoms with Crippen LogP contribution in [0.5, 0.6) is 5.75 Å². The molecule has 1 saturated heterocycles. The van der Waals surface area contributed by atoms with Crippen molar-refractivity contribution in [1.29, 1.82) is 0 Å². The highest BCUT2D eigenvalue weighted by Crippen LogP contribution is 2.24. The lowest BCUT2D eigenvalue weighted by molar-refractivity contribution is -0.274. The van der Waals surface area contributed by atoms with Crippen molar-refractivity contribution >= 4 is 9.84 Å². The van der Waals surface area contributed by atoms with Crippen molar-refractivity contribution in [2.45, 2.75) is 30.5 Å². The van der Waals surface area contributed by atoms with E-state index in [1.54, 1.807) is 0 Å². The first-order valence-electron chi connectivity index (χ1n) is 7.07. The van der Waals surface area contributed by atoms with Crippen LogP contribution in [0.15, 0.2) is 29.2 Å². The Morgan fingerprint density at radius 3 is 2.18 bits per heavy atom. The smallest absolute Gasteiger partial charge is 0.406 e. The lowest BCUT2D eigenvalue weighted by Crippen LogP contribution is -2.33. The number of alkyl halides is 3. The molecule has 124 valence electrons. The number of hydrogen-bond donors (Lipinski definition) is 0. The molecule has 1 aromatic rings. The summed E-state index contributed by atoms with van der Waals surface area (Å²) in [6.45, 7) is 2.24. The molecule has 0 N–H and O–H groups in total. The first-order chi connectivity index (χ1) is 10.3. The summed E-state index contributed by atoms with van der Waals surface area (Å²) in [7, 11) is -3.50. The minimum atomic E-state index is -4.78. The van der Waals surface area contributed by atoms with Gasteiger partial charge in [0, 0.05) is 6.54 Å². The molecule has 1 aromatic carbocycles. The van der Waals surface area contributed by atoms with Gasteiger partial charge in [-0.1, -0.05) is 6.42 Å². The zero-order chi connectivity index (χ0) is 16.2. The van der Waals surface area contributed by atoms with Crippen molar-refractivity contribution in [1.82, 2.24) is 4.90 Å². The second kappa shape index (κ2) is 6.87. The maximum Gasteiger partial charge on any atom is 0.573 e. The first kappa shape index (κ1) is 17.1. The van der Waals surface area contributed by atoms with Gasteiger partial charge < -0.3 is 9.64 Å². The summed E-state index contributed by atoms with van der Waals surface area (Å²) in [6.07, 6.45) is -1.47. The van der Waals surface area contributed by atoms with Crippen molar-refractivity contribution in [3.8, 4) is 5.75 Å². The Balaban J connectivity index is 1.96. The van der Waals surface area contributed by atoms with E-state index in [0.717, 1.165) is 50.2 Å². The van der Waals surface area contributed by atoms with Gasteiger partial charge in [-0.15, -0.1) is 13.2 Å². The largest absolute Gasteiger partial charge is 0.573 e. The highest BCUT2D eigenvalue weighted by Gasteiger charge is 2.31. The lowest BCUT2D eigenvalue weighted by atomic mass is 10.1. The van der Waals surface area contributed by atoms with Crippen molar-refractivity contribution in [3.63, 3.8) is 0 Å². The van der Waals surface area contributed by atoms with Gasteiger partial charge in [-0.05, 0) is 50.2 Å². The molecule has 1 heterocycles. The van der Waals surface area contributed by atoms with E-state index in [4.69, 9.17) is 0 Å². The average molecular weight is 337 g/mol. The summed E-state index contributed by atoms with van der Waals surface area (Å²) in [5.41, 5.74) is 0. The molecule has 4 nitrogen and oxygen atoms in total. The van der Waals surface area contributed by atoms with Crippen molar-refractivity contribution in [2.75, 3.05) is 25.4 Å². The summed E-state index contributed by atoms with van der Waals surface area (Å²) in [4.78, 5) is 2.11. The number of nitrogens with zero attached hydrogens (tertiary/aromatic N) is 1. The quantitative estimate of drug-likeness (QED) is 0.829. The number of piperidine rings is 1. The van der Waals surface area contributed by atoms with Gasteiger partial charge >= 0.3 is 6.36 Å². The zero-order valence-electron chi connectivity index (χ0n) is 12.0. The van der Waals surface area contributed by atoms with Crippen molar-refractivity contribution < 1.29 is 26.3 Å². The van der Waals surface area contributed by atoms with Gasteiger partial charge in [0.05, 0.1) is 10.6 Å². The number of halogens is 3. The van der Waals surface area contributed by atoms with E-state index in [1.165, 1.54) is 6.42 Å². The van der Waals surface area contributed by atoms with E-state index in [9.17, 15) is 21.6 Å². The Bertz CT molecular complexity index is 578. The highest BCUT2D eigenvalue weighted by molar-refractivity contribution is 7.91. The molecule has 0 radical (unpaired) electrons. The van der Waals surface area contributed by atoms with Gasteiger partial charge in [0.25, 0.3) is 0 Å². The number of ether oxygens (including phenoxy) is 1. The van der Waals surface area contributed by atoms with Gasteiger partial charge in [-0.25, -0.2) is 8.42 Å². The summed E-state index contributed by atoms with van der Waals surface area (Å²) in [5.74, 6) is -0.464. The summed E-state index contributed by atoms with van der Waals surface area (Å²) in [5, 5.41) is 0. The van der Waals surface area contributed by atoms with E-state index in [0.29, 0.717) is 6.54 Å². The molecule has 0 saturated carbocycles. The lowest BCUT2D eigenvalue weighted by Gasteiger charge is -2.26. The molecule has 22 heavy (non-hydrogen) atoms. The van der Waals surface area contributed by atoms with Gasteiger partial charge in [-0.3, -0.25) is 0 Å². The van der Waals surface area contributed by atoms with Gasteiger partial charge in [0.15, 0.2) is 9.84 Å². The predicted molar refractivity (Wildman–Crippen MR) is 75.5 cm³/mol. The summed E-state index contributed by atoms with van der Waals surface area (Å²) in [6, 6.07) is 4.32. The summed E-state index contributed by atoms with van der Waals surface area (Å²) < 4.78 is 64.3. The van der Waals surface area contributed by atoms with Gasteiger partial charge in [0.2, 0.25) is 0 Å². The fourth-order valence-corrected chi connectivity index (χ4v) is 3.68. The molecule has 1 fully saturated rings. The van der Waals surface area contributed by atoms with Crippen LogP contribution in [0.4, 0.5) is 13.2 Å². The Hall–Kier alpha value is -1.28. The Kier molecular flexibility index (Phi) is 5.33. The molecule has 0 unspecified atom stereocenters. The van der Waals surface area contributed by atoms with Crippen LogP contribution in [0.1, 0.15) is 19.3 Å². The Labute approximate surface area is 127 Å². The van der Waals surface area contributed by atoms with Gasteiger partial charge in [0.1, 0.15) is 5.75 Å². The molecule has 8 heteroatoms. The molecule has 2 rings (SSSR count). The standard InChI is InChI=1S/C14H18F3NO3S/c15-14(16,17)21-12-4-6-13(7-5-12)22(19,20)11-10-18-8-2-1-3-9-18/h4-7H,1-3,8-11H2. The molecule has 0 amide bonds. The molecule has 0 bridgehead atoms. The molecule has 1 aliphatic heterocycles. The summed E-state index contributed by atoms with van der Waals surface area (Å²) >= 11 is 0. The number of hydrogen-bond acceptors (Lipinski definition) is 4. The van der Waals surface area contributed by atoms with Crippen molar-refractivity contribution in [2.24, 2.45) is 0 Å². The Morgan fingerprint density at radius 1 is 1.05 bits per heavy atom. The van der Waals surface area contributed by atoms with E-state index >= 15 is 0 Å². The normalized spacial score (nSPS) is 17.4. The predicted octanol–water partition coefficient (Wildman–Crippen LogP) is 2.84. The molecule has 0 spiro atoms. The fraction of sp³-hybridized carbons (Fsp3) is 0.571. The van der Waals surface area contributed by atoms with E-state index in [-0.39, 0.29) is 10.6 Å². The minimum absolute atomic E-state index is 0.0130. The molecular weight excluding hydrogens is 319 g/mol. The molecule has 0 atom stereocenters. The highest BCUT2D eigenvalue weighted by atomic mass is 32.2. The van der Waals surface area contributed by atoms with Crippen LogP contribution in [-0.4, -0.2) is 45.1 Å². The first-order valence-corrected chi connectivity index (χ1v) is 8.72. The topological polar surface area (TPSA) is 46.6 Å². The van der Waals surface area contributed by atoms with Gasteiger partial charge in [-0.2, -0.15) is 0 Å². The molecule has 0 aromatic heterocycles. The average Bonchev–Trinajstić information content (AvgIpc) is 2.45. The Morgan fingerprint density at radius 2 is 1.64 bits per heavy atom. The monoisotopic (exact) mass is 337 g/mol. The molecule has 1 aliphatic rings. The maximum atomic E-state index is 12.2. The van der Waals surface area contributed by atoms with E-state index < -0.39 is 21.9 Å². The third-order valence-corrected chi connectivity index (χ3v) is 5.25. The van der Waals surface area contributed by atoms with Crippen molar-refractivity contribution in [3.05, 3.63) is 24.3 Å². The second-order valence-electron chi connectivity index (χ2n) is 5.24. The zero-order valence-corrected chi connectivity index (χ0v) is 12.8. The number of sulfone groups is 1. The number of rotatable bonds is 5. The third-order valence-electron chi connectivity index (χ3n) is 3.54. The van der Waals surface area contributed by atoms with Crippen LogP contribution < -0.4 is 4.74 Å². The fourth-order valence-electron chi connectivity index (χ4n) is 2.40. The second-order valence-corrected chi connectivity index (χ2v) is 7.35. The van der Waals surface area contributed by atoms with Crippen LogP contribution in [0.3, 0.4) is 0 Å². The van der Waals surface area contributed by atoms with Crippen LogP contribution in [0.25, 0.3) is 0 Å². The number of likely N-dealkylation sites (tertiary alicyclic amines) is 1. The number of benzene rings is 1. The van der Waals surface area contributed by atoms with Crippen LogP contribution in [0.2, 0.25) is 0 Å². The molecular formula is C14H18F3NO3S. The van der Waals surface area contributed by atoms with Crippen LogP contribution >= 0.6 is 0 Å². The maximum absolute atomic E-state index is 12.2. The van der Waals surface area contributed by atoms with E-state index in [1.807, 2.05) is 0 Å².